The van der Waals surface area contributed by atoms with Crippen LogP contribution in [0.4, 0.5) is 0 Å². The number of ether oxygens (including phenoxy) is 2. The summed E-state index contributed by atoms with van der Waals surface area (Å²) in [4.78, 5) is 0. The summed E-state index contributed by atoms with van der Waals surface area (Å²) < 4.78 is 12.1. The molecule has 0 bridgehead atoms. The third kappa shape index (κ3) is 8.01. The molecule has 2 heteroatoms. The Morgan fingerprint density at radius 1 is 0.792 bits per heavy atom. The predicted molar refractivity (Wildman–Crippen MR) is 102 cm³/mol. The van der Waals surface area contributed by atoms with Gasteiger partial charge in [0.1, 0.15) is 5.75 Å². The van der Waals surface area contributed by atoms with Crippen LogP contribution in [0.15, 0.2) is 30.8 Å². The molecule has 24 heavy (non-hydrogen) atoms. The molecular formula is C22H34O2. The van der Waals surface area contributed by atoms with Gasteiger partial charge in [0.2, 0.25) is 0 Å². The van der Waals surface area contributed by atoms with Gasteiger partial charge in [-0.1, -0.05) is 82.6 Å². The lowest BCUT2D eigenvalue weighted by Gasteiger charge is -2.20. The highest BCUT2D eigenvalue weighted by Crippen LogP contribution is 2.19. The Balaban J connectivity index is 1.82. The molecule has 1 fully saturated rings. The van der Waals surface area contributed by atoms with Crippen molar-refractivity contribution in [2.24, 2.45) is 0 Å². The average Bonchev–Trinajstić information content (AvgIpc) is 2.62. The van der Waals surface area contributed by atoms with Gasteiger partial charge in [0.05, 0.1) is 6.61 Å². The molecular weight excluding hydrogens is 296 g/mol. The van der Waals surface area contributed by atoms with E-state index in [0.717, 1.165) is 30.8 Å². The van der Waals surface area contributed by atoms with Crippen LogP contribution in [0, 0.1) is 0 Å². The molecule has 1 aromatic rings. The Hall–Kier alpha value is -1.28. The Bertz CT molecular complexity index is 422. The molecule has 0 amide bonds. The largest absolute Gasteiger partial charge is 0.465 e. The van der Waals surface area contributed by atoms with Gasteiger partial charge in [0.15, 0.2) is 6.29 Å². The summed E-state index contributed by atoms with van der Waals surface area (Å²) in [6.45, 7) is 4.61. The zero-order valence-electron chi connectivity index (χ0n) is 15.2. The van der Waals surface area contributed by atoms with Crippen LogP contribution in [0.2, 0.25) is 0 Å². The molecule has 2 nitrogen and oxygen atoms in total. The van der Waals surface area contributed by atoms with Gasteiger partial charge in [-0.15, -0.1) is 0 Å². The van der Waals surface area contributed by atoms with E-state index < -0.39 is 0 Å². The maximum atomic E-state index is 6.08. The first-order chi connectivity index (χ1) is 11.9. The van der Waals surface area contributed by atoms with Crippen molar-refractivity contribution in [3.63, 3.8) is 0 Å². The van der Waals surface area contributed by atoms with Gasteiger partial charge in [0.25, 0.3) is 0 Å². The van der Waals surface area contributed by atoms with Crippen molar-refractivity contribution in [2.45, 2.75) is 83.3 Å². The summed E-state index contributed by atoms with van der Waals surface area (Å²) in [6.07, 6.45) is 17.3. The Labute approximate surface area is 148 Å². The van der Waals surface area contributed by atoms with E-state index in [1.807, 2.05) is 30.3 Å². The lowest BCUT2D eigenvalue weighted by Crippen LogP contribution is -2.21. The van der Waals surface area contributed by atoms with Crippen LogP contribution in [0.5, 0.6) is 5.75 Å². The van der Waals surface area contributed by atoms with Crippen molar-refractivity contribution < 1.29 is 9.47 Å². The molecule has 1 saturated heterocycles. The third-order valence-corrected chi connectivity index (χ3v) is 4.77. The molecule has 1 aliphatic heterocycles. The van der Waals surface area contributed by atoms with Crippen LogP contribution < -0.4 is 4.74 Å². The first-order valence-corrected chi connectivity index (χ1v) is 9.89. The zero-order chi connectivity index (χ0) is 16.9. The van der Waals surface area contributed by atoms with E-state index in [9.17, 15) is 0 Å². The monoisotopic (exact) mass is 330 g/mol. The molecule has 0 spiro atoms. The van der Waals surface area contributed by atoms with Gasteiger partial charge < -0.3 is 9.47 Å². The molecule has 1 heterocycles. The van der Waals surface area contributed by atoms with Crippen molar-refractivity contribution in [3.8, 4) is 5.75 Å². The highest BCUT2D eigenvalue weighted by Gasteiger charge is 2.11. The van der Waals surface area contributed by atoms with E-state index in [1.54, 1.807) is 0 Å². The van der Waals surface area contributed by atoms with E-state index in [4.69, 9.17) is 9.47 Å². The molecule has 2 rings (SSSR count). The van der Waals surface area contributed by atoms with E-state index in [0.29, 0.717) is 0 Å². The third-order valence-electron chi connectivity index (χ3n) is 4.77. The van der Waals surface area contributed by atoms with Crippen molar-refractivity contribution in [1.82, 2.24) is 0 Å². The van der Waals surface area contributed by atoms with Gasteiger partial charge in [-0.25, -0.2) is 0 Å². The lowest BCUT2D eigenvalue weighted by molar-refractivity contribution is -0.0865. The number of hydrogen-bond acceptors (Lipinski definition) is 2. The molecule has 134 valence electrons. The molecule has 1 unspecified atom stereocenters. The van der Waals surface area contributed by atoms with Gasteiger partial charge in [-0.05, 0) is 30.5 Å². The van der Waals surface area contributed by atoms with Gasteiger partial charge in [-0.3, -0.25) is 0 Å². The SMILES string of the molecule is C=Cc1ccc(OC2CCCCCCCCCCCCCO2)cc1. The predicted octanol–water partition coefficient (Wildman–Crippen LogP) is 6.75. The van der Waals surface area contributed by atoms with E-state index in [2.05, 4.69) is 6.58 Å². The second kappa shape index (κ2) is 12.1. The normalized spacial score (nSPS) is 22.1. The van der Waals surface area contributed by atoms with Crippen molar-refractivity contribution in [1.29, 1.82) is 0 Å². The second-order valence-corrected chi connectivity index (χ2v) is 6.87. The highest BCUT2D eigenvalue weighted by atomic mass is 16.7. The summed E-state index contributed by atoms with van der Waals surface area (Å²) in [5.74, 6) is 0.892. The van der Waals surface area contributed by atoms with Crippen LogP contribution in [0.3, 0.4) is 0 Å². The van der Waals surface area contributed by atoms with E-state index in [-0.39, 0.29) is 6.29 Å². The minimum Gasteiger partial charge on any atom is -0.465 e. The molecule has 0 radical (unpaired) electrons. The molecule has 0 saturated carbocycles. The summed E-state index contributed by atoms with van der Waals surface area (Å²) in [5, 5.41) is 0. The topological polar surface area (TPSA) is 18.5 Å². The maximum Gasteiger partial charge on any atom is 0.199 e. The first-order valence-electron chi connectivity index (χ1n) is 9.89. The van der Waals surface area contributed by atoms with E-state index in [1.165, 1.54) is 64.2 Å². The van der Waals surface area contributed by atoms with Crippen LogP contribution in [0.1, 0.15) is 82.6 Å². The van der Waals surface area contributed by atoms with Crippen molar-refractivity contribution >= 4 is 6.08 Å². The molecule has 1 aromatic carbocycles. The van der Waals surface area contributed by atoms with Gasteiger partial charge in [0, 0.05) is 6.42 Å². The Kier molecular flexibility index (Phi) is 9.63. The molecule has 1 aliphatic rings. The van der Waals surface area contributed by atoms with Crippen LogP contribution in [-0.4, -0.2) is 12.9 Å². The van der Waals surface area contributed by atoms with E-state index >= 15 is 0 Å². The minimum atomic E-state index is -0.107. The summed E-state index contributed by atoms with van der Waals surface area (Å²) in [5.41, 5.74) is 1.12. The molecule has 0 aliphatic carbocycles. The fourth-order valence-corrected chi connectivity index (χ4v) is 3.23. The number of benzene rings is 1. The van der Waals surface area contributed by atoms with Gasteiger partial charge in [-0.2, -0.15) is 0 Å². The summed E-state index contributed by atoms with van der Waals surface area (Å²) in [7, 11) is 0. The maximum absolute atomic E-state index is 6.08. The first kappa shape index (κ1) is 19.1. The summed E-state index contributed by atoms with van der Waals surface area (Å²) in [6, 6.07) is 8.09. The Morgan fingerprint density at radius 2 is 1.33 bits per heavy atom. The van der Waals surface area contributed by atoms with Gasteiger partial charge >= 0.3 is 0 Å². The molecule has 0 N–H and O–H groups in total. The smallest absolute Gasteiger partial charge is 0.199 e. The number of hydrogen-bond donors (Lipinski definition) is 0. The Morgan fingerprint density at radius 3 is 1.92 bits per heavy atom. The van der Waals surface area contributed by atoms with Crippen LogP contribution in [-0.2, 0) is 4.74 Å². The average molecular weight is 331 g/mol. The number of rotatable bonds is 3. The van der Waals surface area contributed by atoms with Crippen molar-refractivity contribution in [2.75, 3.05) is 6.61 Å². The second-order valence-electron chi connectivity index (χ2n) is 6.87. The van der Waals surface area contributed by atoms with Crippen molar-refractivity contribution in [3.05, 3.63) is 36.4 Å². The quantitative estimate of drug-likeness (QED) is 0.610. The molecule has 1 atom stereocenters. The van der Waals surface area contributed by atoms with Crippen LogP contribution >= 0.6 is 0 Å². The highest BCUT2D eigenvalue weighted by molar-refractivity contribution is 5.48. The fourth-order valence-electron chi connectivity index (χ4n) is 3.23. The summed E-state index contributed by atoms with van der Waals surface area (Å²) >= 11 is 0. The molecule has 0 aromatic heterocycles. The minimum absolute atomic E-state index is 0.107. The lowest BCUT2D eigenvalue weighted by atomic mass is 10.1. The standard InChI is InChI=1S/C22H34O2/c1-2-20-15-17-21(18-16-20)24-22-14-12-10-8-6-4-3-5-7-9-11-13-19-23-22/h2,15-18,22H,1,3-14,19H2. The fraction of sp³-hybridized carbons (Fsp3) is 0.636. The zero-order valence-corrected chi connectivity index (χ0v) is 15.2. The van der Waals surface area contributed by atoms with Crippen LogP contribution in [0.25, 0.3) is 6.08 Å².